The van der Waals surface area contributed by atoms with Gasteiger partial charge in [0, 0.05) is 18.8 Å². The number of aliphatic imine (C=N–C) groups is 1. The Labute approximate surface area is 166 Å². The molecule has 0 aliphatic carbocycles. The van der Waals surface area contributed by atoms with Crippen molar-refractivity contribution in [1.29, 1.82) is 0 Å². The molecule has 0 bridgehead atoms. The lowest BCUT2D eigenvalue weighted by Crippen LogP contribution is -2.41. The molecule has 0 spiro atoms. The number of amides is 1. The fourth-order valence-corrected chi connectivity index (χ4v) is 3.30. The van der Waals surface area contributed by atoms with Crippen molar-refractivity contribution in [1.82, 2.24) is 14.9 Å². The molecule has 0 saturated heterocycles. The molecule has 0 fully saturated rings. The van der Waals surface area contributed by atoms with Crippen molar-refractivity contribution in [3.63, 3.8) is 0 Å². The van der Waals surface area contributed by atoms with Gasteiger partial charge < -0.3 is 10.2 Å². The molecule has 0 radical (unpaired) electrons. The largest absolute Gasteiger partial charge is 0.451 e. The van der Waals surface area contributed by atoms with E-state index in [-0.39, 0.29) is 28.3 Å². The van der Waals surface area contributed by atoms with Crippen LogP contribution in [0.25, 0.3) is 11.3 Å². The predicted octanol–water partition coefficient (Wildman–Crippen LogP) is 2.92. The van der Waals surface area contributed by atoms with Gasteiger partial charge in [-0.05, 0) is 41.5 Å². The van der Waals surface area contributed by atoms with E-state index in [2.05, 4.69) is 15.0 Å². The smallest absolute Gasteiger partial charge is 0.433 e. The van der Waals surface area contributed by atoms with Crippen LogP contribution in [0.2, 0.25) is 0 Å². The number of likely N-dealkylation sites (N-methyl/N-ethyl adjacent to an activating group) is 1. The Kier molecular flexibility index (Phi) is 4.33. The number of benzene rings is 1. The van der Waals surface area contributed by atoms with E-state index >= 15 is 0 Å². The fourth-order valence-electron chi connectivity index (χ4n) is 3.30. The summed E-state index contributed by atoms with van der Waals surface area (Å²) >= 11 is 0. The minimum absolute atomic E-state index is 0.0166. The molecule has 30 heavy (non-hydrogen) atoms. The molecular weight excluding hydrogens is 406 g/mol. The number of hydrogen-bond acceptors (Lipinski definition) is 6. The van der Waals surface area contributed by atoms with Gasteiger partial charge in [0.2, 0.25) is 0 Å². The molecule has 1 unspecified atom stereocenters. The molecule has 3 heterocycles. The maximum Gasteiger partial charge on any atom is 0.433 e. The lowest BCUT2D eigenvalue weighted by atomic mass is 9.82. The second-order valence-electron chi connectivity index (χ2n) is 6.57. The van der Waals surface area contributed by atoms with E-state index < -0.39 is 29.1 Å². The van der Waals surface area contributed by atoms with Crippen LogP contribution in [0, 0.1) is 5.82 Å². The minimum Gasteiger partial charge on any atom is -0.451 e. The van der Waals surface area contributed by atoms with Crippen LogP contribution in [0.1, 0.15) is 16.8 Å². The third kappa shape index (κ3) is 2.98. The quantitative estimate of drug-likeness (QED) is 0.659. The second kappa shape index (κ2) is 6.65. The zero-order valence-electron chi connectivity index (χ0n) is 15.3. The van der Waals surface area contributed by atoms with Gasteiger partial charge in [-0.2, -0.15) is 13.2 Å². The summed E-state index contributed by atoms with van der Waals surface area (Å²) in [6.45, 7) is 0. The first kappa shape index (κ1) is 19.6. The summed E-state index contributed by atoms with van der Waals surface area (Å²) in [6, 6.07) is 5.49. The Balaban J connectivity index is 2.00. The number of guanidine groups is 1. The van der Waals surface area contributed by atoms with Crippen LogP contribution in [-0.4, -0.2) is 33.8 Å². The number of aromatic nitrogens is 2. The summed E-state index contributed by atoms with van der Waals surface area (Å²) in [5, 5.41) is 0. The first-order valence-electron chi connectivity index (χ1n) is 8.50. The van der Waals surface area contributed by atoms with Gasteiger partial charge in [0.05, 0.1) is 0 Å². The average Bonchev–Trinajstić information content (AvgIpc) is 3.31. The lowest BCUT2D eigenvalue weighted by molar-refractivity contribution is -0.141. The van der Waals surface area contributed by atoms with Gasteiger partial charge in [-0.3, -0.25) is 14.7 Å². The Morgan fingerprint density at radius 1 is 1.13 bits per heavy atom. The van der Waals surface area contributed by atoms with E-state index in [0.29, 0.717) is 6.07 Å². The Bertz CT molecular complexity index is 1160. The summed E-state index contributed by atoms with van der Waals surface area (Å²) in [4.78, 5) is 25.6. The number of alkyl halides is 3. The van der Waals surface area contributed by atoms with E-state index in [1.807, 2.05) is 0 Å². The standard InChI is InChI=1S/C19H13F4N5O2/c1-28-16(29)18(27-17(28)24,11-2-3-25-15(7-11)19(21,22)23)12-4-10(5-13(20)6-12)14-8-30-9-26-14/h2-9H,1H3,(H2,24,27). The summed E-state index contributed by atoms with van der Waals surface area (Å²) < 4.78 is 59.1. The molecule has 11 heteroatoms. The van der Waals surface area contributed by atoms with Crippen molar-refractivity contribution in [3.8, 4) is 11.3 Å². The van der Waals surface area contributed by atoms with Crippen molar-refractivity contribution in [2.75, 3.05) is 7.05 Å². The van der Waals surface area contributed by atoms with Gasteiger partial charge in [0.15, 0.2) is 17.9 Å². The van der Waals surface area contributed by atoms with Crippen LogP contribution in [-0.2, 0) is 16.5 Å². The topological polar surface area (TPSA) is 97.6 Å². The van der Waals surface area contributed by atoms with Crippen LogP contribution in [0.4, 0.5) is 17.6 Å². The number of carbonyl (C=O) groups excluding carboxylic acids is 1. The van der Waals surface area contributed by atoms with Gasteiger partial charge in [-0.1, -0.05) is 0 Å². The summed E-state index contributed by atoms with van der Waals surface area (Å²) in [5.41, 5.74) is 2.92. The van der Waals surface area contributed by atoms with E-state index in [1.54, 1.807) is 0 Å². The third-order valence-corrected chi connectivity index (χ3v) is 4.75. The first-order valence-corrected chi connectivity index (χ1v) is 8.50. The maximum atomic E-state index is 14.5. The molecule has 1 atom stereocenters. The summed E-state index contributed by atoms with van der Waals surface area (Å²) in [5.74, 6) is -1.71. The Hall–Kier alpha value is -3.76. The summed E-state index contributed by atoms with van der Waals surface area (Å²) in [6.07, 6.45) is -1.44. The lowest BCUT2D eigenvalue weighted by Gasteiger charge is -2.27. The highest BCUT2D eigenvalue weighted by Crippen LogP contribution is 2.42. The molecule has 1 aromatic carbocycles. The number of pyridine rings is 1. The van der Waals surface area contributed by atoms with Crippen LogP contribution < -0.4 is 5.73 Å². The minimum atomic E-state index is -4.76. The number of rotatable bonds is 3. The van der Waals surface area contributed by atoms with Crippen molar-refractivity contribution in [3.05, 3.63) is 71.8 Å². The Morgan fingerprint density at radius 2 is 1.90 bits per heavy atom. The molecule has 7 nitrogen and oxygen atoms in total. The number of oxazole rings is 1. The van der Waals surface area contributed by atoms with Crippen LogP contribution >= 0.6 is 0 Å². The van der Waals surface area contributed by atoms with E-state index in [4.69, 9.17) is 10.2 Å². The van der Waals surface area contributed by atoms with Gasteiger partial charge in [-0.25, -0.2) is 14.4 Å². The molecule has 0 saturated carbocycles. The summed E-state index contributed by atoms with van der Waals surface area (Å²) in [7, 11) is 1.33. The number of halogens is 4. The van der Waals surface area contributed by atoms with Crippen molar-refractivity contribution >= 4 is 11.9 Å². The van der Waals surface area contributed by atoms with E-state index in [1.165, 1.54) is 25.4 Å². The van der Waals surface area contributed by atoms with Gasteiger partial charge in [0.1, 0.15) is 23.5 Å². The molecule has 4 rings (SSSR count). The van der Waals surface area contributed by atoms with Crippen LogP contribution in [0.5, 0.6) is 0 Å². The van der Waals surface area contributed by atoms with E-state index in [0.717, 1.165) is 29.6 Å². The molecular formula is C19H13F4N5O2. The third-order valence-electron chi connectivity index (χ3n) is 4.75. The molecule has 2 aromatic heterocycles. The number of carbonyl (C=O) groups is 1. The van der Waals surface area contributed by atoms with Crippen molar-refractivity contribution < 1.29 is 26.8 Å². The number of hydrogen-bond donors (Lipinski definition) is 1. The van der Waals surface area contributed by atoms with Crippen molar-refractivity contribution in [2.24, 2.45) is 10.7 Å². The molecule has 154 valence electrons. The van der Waals surface area contributed by atoms with Crippen LogP contribution in [0.15, 0.2) is 58.6 Å². The fraction of sp³-hybridized carbons (Fsp3) is 0.158. The zero-order valence-corrected chi connectivity index (χ0v) is 15.3. The maximum absolute atomic E-state index is 14.5. The molecule has 1 aliphatic heterocycles. The Morgan fingerprint density at radius 3 is 2.50 bits per heavy atom. The van der Waals surface area contributed by atoms with Crippen molar-refractivity contribution in [2.45, 2.75) is 11.7 Å². The highest BCUT2D eigenvalue weighted by atomic mass is 19.4. The zero-order chi connectivity index (χ0) is 21.7. The highest BCUT2D eigenvalue weighted by molar-refractivity contribution is 6.09. The monoisotopic (exact) mass is 419 g/mol. The molecule has 1 amide bonds. The molecule has 1 aliphatic rings. The molecule has 2 N–H and O–H groups in total. The second-order valence-corrected chi connectivity index (χ2v) is 6.57. The average molecular weight is 419 g/mol. The van der Waals surface area contributed by atoms with E-state index in [9.17, 15) is 22.4 Å². The predicted molar refractivity (Wildman–Crippen MR) is 96.3 cm³/mol. The first-order chi connectivity index (χ1) is 14.1. The SMILES string of the molecule is CN1C(=O)C(c2cc(F)cc(-c3cocn3)c2)(c2ccnc(C(F)(F)F)c2)N=C1N. The van der Waals surface area contributed by atoms with Crippen LogP contribution in [0.3, 0.4) is 0 Å². The van der Waals surface area contributed by atoms with Gasteiger partial charge >= 0.3 is 6.18 Å². The highest BCUT2D eigenvalue weighted by Gasteiger charge is 2.50. The van der Waals surface area contributed by atoms with Gasteiger partial charge in [0.25, 0.3) is 5.91 Å². The molecule has 3 aromatic rings. The number of nitrogens with two attached hydrogens (primary N) is 1. The normalized spacial score (nSPS) is 19.3. The van der Waals surface area contributed by atoms with Gasteiger partial charge in [-0.15, -0.1) is 0 Å². The number of nitrogens with zero attached hydrogens (tertiary/aromatic N) is 4.